The van der Waals surface area contributed by atoms with Crippen LogP contribution in [-0.2, 0) is 9.47 Å². The van der Waals surface area contributed by atoms with Crippen molar-refractivity contribution in [2.24, 2.45) is 5.92 Å². The molecular formula is C13H28N2O2. The fraction of sp³-hybridized carbons (Fsp3) is 1.00. The summed E-state index contributed by atoms with van der Waals surface area (Å²) in [5.74, 6) is 0.774. The largest absolute Gasteiger partial charge is 0.385 e. The molecule has 1 aliphatic rings. The molecule has 2 unspecified atom stereocenters. The Labute approximate surface area is 106 Å². The Morgan fingerprint density at radius 1 is 1.18 bits per heavy atom. The molecule has 0 aromatic heterocycles. The second-order valence-electron chi connectivity index (χ2n) is 4.91. The highest BCUT2D eigenvalue weighted by atomic mass is 16.5. The van der Waals surface area contributed by atoms with Crippen molar-refractivity contribution in [1.29, 1.82) is 0 Å². The van der Waals surface area contributed by atoms with Crippen LogP contribution >= 0.6 is 0 Å². The molecule has 0 saturated carbocycles. The molecule has 2 atom stereocenters. The predicted molar refractivity (Wildman–Crippen MR) is 70.4 cm³/mol. The van der Waals surface area contributed by atoms with Gasteiger partial charge in [-0.1, -0.05) is 6.92 Å². The predicted octanol–water partition coefficient (Wildman–Crippen LogP) is 0.969. The van der Waals surface area contributed by atoms with Gasteiger partial charge in [0.15, 0.2) is 0 Å². The molecule has 1 saturated heterocycles. The lowest BCUT2D eigenvalue weighted by Gasteiger charge is -2.39. The van der Waals surface area contributed by atoms with Gasteiger partial charge in [-0.15, -0.1) is 0 Å². The van der Waals surface area contributed by atoms with E-state index in [4.69, 9.17) is 9.47 Å². The van der Waals surface area contributed by atoms with E-state index in [1.165, 1.54) is 6.42 Å². The van der Waals surface area contributed by atoms with Crippen LogP contribution in [0.25, 0.3) is 0 Å². The van der Waals surface area contributed by atoms with Crippen molar-refractivity contribution in [3.63, 3.8) is 0 Å². The molecule has 1 fully saturated rings. The van der Waals surface area contributed by atoms with Gasteiger partial charge >= 0.3 is 0 Å². The van der Waals surface area contributed by atoms with E-state index in [2.05, 4.69) is 17.1 Å². The van der Waals surface area contributed by atoms with Crippen molar-refractivity contribution in [3.8, 4) is 0 Å². The van der Waals surface area contributed by atoms with Gasteiger partial charge in [-0.2, -0.15) is 0 Å². The maximum absolute atomic E-state index is 5.21. The molecular weight excluding hydrogens is 216 g/mol. The van der Waals surface area contributed by atoms with Gasteiger partial charge in [0.05, 0.1) is 6.61 Å². The zero-order valence-corrected chi connectivity index (χ0v) is 11.6. The Balaban J connectivity index is 2.41. The SMILES string of the molecule is COCCCN(CCOC)C1CNCCC1C. The second-order valence-corrected chi connectivity index (χ2v) is 4.91. The monoisotopic (exact) mass is 244 g/mol. The molecule has 0 aromatic carbocycles. The van der Waals surface area contributed by atoms with E-state index in [0.29, 0.717) is 6.04 Å². The number of nitrogens with one attached hydrogen (secondary N) is 1. The van der Waals surface area contributed by atoms with Gasteiger partial charge in [0.1, 0.15) is 0 Å². The van der Waals surface area contributed by atoms with Crippen LogP contribution < -0.4 is 5.32 Å². The lowest BCUT2D eigenvalue weighted by molar-refractivity contribution is 0.0742. The molecule has 1 rings (SSSR count). The third-order valence-electron chi connectivity index (χ3n) is 3.63. The first-order valence-electron chi connectivity index (χ1n) is 6.72. The first-order chi connectivity index (χ1) is 8.29. The van der Waals surface area contributed by atoms with E-state index in [1.807, 2.05) is 0 Å². The van der Waals surface area contributed by atoms with Gasteiger partial charge < -0.3 is 14.8 Å². The quantitative estimate of drug-likeness (QED) is 0.645. The highest BCUT2D eigenvalue weighted by Crippen LogP contribution is 2.17. The fourth-order valence-electron chi connectivity index (χ4n) is 2.53. The van der Waals surface area contributed by atoms with Crippen LogP contribution in [0.2, 0.25) is 0 Å². The zero-order valence-electron chi connectivity index (χ0n) is 11.6. The third-order valence-corrected chi connectivity index (χ3v) is 3.63. The minimum absolute atomic E-state index is 0.649. The first-order valence-corrected chi connectivity index (χ1v) is 6.72. The summed E-state index contributed by atoms with van der Waals surface area (Å²) in [6.07, 6.45) is 2.38. The molecule has 4 heteroatoms. The molecule has 0 radical (unpaired) electrons. The van der Waals surface area contributed by atoms with E-state index in [0.717, 1.165) is 51.7 Å². The number of hydrogen-bond acceptors (Lipinski definition) is 4. The number of ether oxygens (including phenoxy) is 2. The number of methoxy groups -OCH3 is 2. The maximum Gasteiger partial charge on any atom is 0.0589 e. The number of rotatable bonds is 8. The first kappa shape index (κ1) is 14.9. The molecule has 1 N–H and O–H groups in total. The summed E-state index contributed by atoms with van der Waals surface area (Å²) >= 11 is 0. The van der Waals surface area contributed by atoms with Crippen molar-refractivity contribution in [2.45, 2.75) is 25.8 Å². The molecule has 0 bridgehead atoms. The Morgan fingerprint density at radius 2 is 1.94 bits per heavy atom. The molecule has 102 valence electrons. The number of piperidine rings is 1. The molecule has 0 amide bonds. The average Bonchev–Trinajstić information content (AvgIpc) is 2.35. The van der Waals surface area contributed by atoms with Gasteiger partial charge in [-0.05, 0) is 25.3 Å². The minimum Gasteiger partial charge on any atom is -0.385 e. The van der Waals surface area contributed by atoms with Crippen LogP contribution in [0, 0.1) is 5.92 Å². The summed E-state index contributed by atoms with van der Waals surface area (Å²) in [5.41, 5.74) is 0. The van der Waals surface area contributed by atoms with Crippen LogP contribution in [0.4, 0.5) is 0 Å². The molecule has 4 nitrogen and oxygen atoms in total. The average molecular weight is 244 g/mol. The Bertz CT molecular complexity index is 190. The topological polar surface area (TPSA) is 33.7 Å². The highest BCUT2D eigenvalue weighted by Gasteiger charge is 2.26. The maximum atomic E-state index is 5.21. The Morgan fingerprint density at radius 3 is 2.59 bits per heavy atom. The molecule has 17 heavy (non-hydrogen) atoms. The van der Waals surface area contributed by atoms with Crippen LogP contribution in [0.1, 0.15) is 19.8 Å². The van der Waals surface area contributed by atoms with Crippen LogP contribution in [0.3, 0.4) is 0 Å². The summed E-state index contributed by atoms with van der Waals surface area (Å²) < 4.78 is 10.3. The van der Waals surface area contributed by atoms with Crippen LogP contribution in [0.15, 0.2) is 0 Å². The van der Waals surface area contributed by atoms with Gasteiger partial charge in [-0.3, -0.25) is 4.90 Å². The summed E-state index contributed by atoms with van der Waals surface area (Å²) in [7, 11) is 3.54. The van der Waals surface area contributed by atoms with Crippen LogP contribution in [0.5, 0.6) is 0 Å². The molecule has 1 aliphatic heterocycles. The Hall–Kier alpha value is -0.160. The van der Waals surface area contributed by atoms with Gasteiger partial charge in [0.2, 0.25) is 0 Å². The van der Waals surface area contributed by atoms with Crippen molar-refractivity contribution < 1.29 is 9.47 Å². The smallest absolute Gasteiger partial charge is 0.0589 e. The fourth-order valence-corrected chi connectivity index (χ4v) is 2.53. The van der Waals surface area contributed by atoms with Gasteiger partial charge in [0, 0.05) is 46.5 Å². The van der Waals surface area contributed by atoms with E-state index in [9.17, 15) is 0 Å². The molecule has 1 heterocycles. The summed E-state index contributed by atoms with van der Waals surface area (Å²) in [4.78, 5) is 2.55. The van der Waals surface area contributed by atoms with E-state index >= 15 is 0 Å². The third kappa shape index (κ3) is 5.34. The van der Waals surface area contributed by atoms with E-state index in [1.54, 1.807) is 14.2 Å². The molecule has 0 aromatic rings. The van der Waals surface area contributed by atoms with E-state index < -0.39 is 0 Å². The number of nitrogens with zero attached hydrogens (tertiary/aromatic N) is 1. The second kappa shape index (κ2) is 8.86. The zero-order chi connectivity index (χ0) is 12.5. The summed E-state index contributed by atoms with van der Waals surface area (Å²) in [6, 6.07) is 0.649. The lowest BCUT2D eigenvalue weighted by Crippen LogP contribution is -2.51. The van der Waals surface area contributed by atoms with Gasteiger partial charge in [0.25, 0.3) is 0 Å². The standard InChI is InChI=1S/C13H28N2O2/c1-12-5-6-14-11-13(12)15(8-10-17-3)7-4-9-16-2/h12-14H,4-11H2,1-3H3. The van der Waals surface area contributed by atoms with Gasteiger partial charge in [-0.25, -0.2) is 0 Å². The Kier molecular flexibility index (Phi) is 7.77. The highest BCUT2D eigenvalue weighted by molar-refractivity contribution is 4.83. The van der Waals surface area contributed by atoms with E-state index in [-0.39, 0.29) is 0 Å². The summed E-state index contributed by atoms with van der Waals surface area (Å²) in [6.45, 7) is 8.42. The van der Waals surface area contributed by atoms with Crippen molar-refractivity contribution >= 4 is 0 Å². The van der Waals surface area contributed by atoms with Crippen LogP contribution in [-0.4, -0.2) is 64.6 Å². The van der Waals surface area contributed by atoms with Crippen molar-refractivity contribution in [1.82, 2.24) is 10.2 Å². The summed E-state index contributed by atoms with van der Waals surface area (Å²) in [5, 5.41) is 3.50. The van der Waals surface area contributed by atoms with Crippen molar-refractivity contribution in [2.75, 3.05) is 53.6 Å². The lowest BCUT2D eigenvalue weighted by atomic mass is 9.93. The minimum atomic E-state index is 0.649. The molecule has 0 aliphatic carbocycles. The van der Waals surface area contributed by atoms with Crippen molar-refractivity contribution in [3.05, 3.63) is 0 Å². The number of hydrogen-bond donors (Lipinski definition) is 1. The normalized spacial score (nSPS) is 25.4. The molecule has 0 spiro atoms.